The number of hydrogen-bond acceptors (Lipinski definition) is 7. The Morgan fingerprint density at radius 2 is 1.10 bits per heavy atom. The summed E-state index contributed by atoms with van der Waals surface area (Å²) in [6.45, 7) is 28.9. The van der Waals surface area contributed by atoms with Gasteiger partial charge in [-0.15, -0.1) is 0 Å². The van der Waals surface area contributed by atoms with Crippen LogP contribution in [0.15, 0.2) is 36.4 Å². The fourth-order valence-corrected chi connectivity index (χ4v) is 18.2. The van der Waals surface area contributed by atoms with Crippen molar-refractivity contribution in [1.82, 2.24) is 0 Å². The van der Waals surface area contributed by atoms with Crippen molar-refractivity contribution in [3.05, 3.63) is 58.7 Å². The topological polar surface area (TPSA) is 80.3 Å². The highest BCUT2D eigenvalue weighted by atomic mass is 28.4. The van der Waals surface area contributed by atoms with Gasteiger partial charge in [0.15, 0.2) is 16.6 Å². The molecule has 2 aromatic carbocycles. The summed E-state index contributed by atoms with van der Waals surface area (Å²) in [6.07, 6.45) is 15.4. The Balaban J connectivity index is 0.984. The van der Waals surface area contributed by atoms with E-state index in [-0.39, 0.29) is 44.9 Å². The molecule has 4 fully saturated rings. The molecule has 2 aromatic rings. The van der Waals surface area contributed by atoms with Crippen LogP contribution in [-0.2, 0) is 36.0 Å². The van der Waals surface area contributed by atoms with E-state index in [0.717, 1.165) is 62.9 Å². The van der Waals surface area contributed by atoms with E-state index >= 15 is 0 Å². The monoisotopic (exact) mass is 969 g/mol. The van der Waals surface area contributed by atoms with Crippen LogP contribution in [0, 0.1) is 52.3 Å². The van der Waals surface area contributed by atoms with Gasteiger partial charge < -0.3 is 23.1 Å². The third-order valence-electron chi connectivity index (χ3n) is 21.2. The van der Waals surface area contributed by atoms with Crippen LogP contribution in [0.25, 0.3) is 0 Å². The van der Waals surface area contributed by atoms with Crippen molar-refractivity contribution in [3.63, 3.8) is 0 Å². The molecule has 0 aromatic heterocycles. The molecule has 1 unspecified atom stereocenters. The molecule has 8 rings (SSSR count). The fraction of sp³-hybridized carbons (Fsp3) is 0.763. The highest BCUT2D eigenvalue weighted by Crippen LogP contribution is 2.66. The van der Waals surface area contributed by atoms with Gasteiger partial charge in [-0.25, -0.2) is 0 Å². The molecular weight excluding hydrogens is 877 g/mol. The van der Waals surface area contributed by atoms with Crippen molar-refractivity contribution < 1.29 is 32.7 Å². The maximum Gasteiger partial charge on any atom is 0.316 e. The van der Waals surface area contributed by atoms with Gasteiger partial charge in [-0.1, -0.05) is 67.5 Å². The van der Waals surface area contributed by atoms with E-state index in [1.54, 1.807) is 19.8 Å². The number of ether oxygens (including phenoxy) is 3. The molecule has 0 N–H and O–H groups in total. The number of Topliss-reactive ketones (excluding diaryl/α,β-unsaturated/α-hetero) is 1. The minimum Gasteiger partial charge on any atom is -0.497 e. The lowest BCUT2D eigenvalue weighted by atomic mass is 9.55. The molecule has 0 saturated heterocycles. The average molecular weight is 970 g/mol. The summed E-state index contributed by atoms with van der Waals surface area (Å²) < 4.78 is 32.0. The number of carbonyl (C=O) groups excluding carboxylic acids is 2. The van der Waals surface area contributed by atoms with Gasteiger partial charge in [0, 0.05) is 6.42 Å². The molecule has 4 saturated carbocycles. The van der Waals surface area contributed by atoms with Crippen LogP contribution in [0.2, 0.25) is 36.3 Å². The fourth-order valence-electron chi connectivity index (χ4n) is 15.3. The number of aryl methyl sites for hydroxylation is 2. The number of carbonyl (C=O) groups is 2. The number of rotatable bonds is 15. The summed E-state index contributed by atoms with van der Waals surface area (Å²) in [5.74, 6) is 5.10. The molecule has 9 heteroatoms. The molecule has 68 heavy (non-hydrogen) atoms. The van der Waals surface area contributed by atoms with E-state index in [1.165, 1.54) is 55.9 Å². The first-order valence-corrected chi connectivity index (χ1v) is 33.0. The first-order valence-electron chi connectivity index (χ1n) is 27.2. The molecule has 0 spiro atoms. The predicted molar refractivity (Wildman–Crippen MR) is 281 cm³/mol. The van der Waals surface area contributed by atoms with Gasteiger partial charge in [-0.2, -0.15) is 0 Å². The third-order valence-corrected chi connectivity index (χ3v) is 30.1. The van der Waals surface area contributed by atoms with E-state index in [2.05, 4.69) is 118 Å². The number of methoxy groups -OCH3 is 3. The highest BCUT2D eigenvalue weighted by Gasteiger charge is 2.62. The average Bonchev–Trinajstić information content (AvgIpc) is 3.72. The molecule has 7 nitrogen and oxygen atoms in total. The van der Waals surface area contributed by atoms with Gasteiger partial charge >= 0.3 is 5.97 Å². The first-order chi connectivity index (χ1) is 31.9. The van der Waals surface area contributed by atoms with Gasteiger partial charge in [-0.3, -0.25) is 9.59 Å². The van der Waals surface area contributed by atoms with Crippen molar-refractivity contribution >= 4 is 28.4 Å². The van der Waals surface area contributed by atoms with Crippen LogP contribution in [0.5, 0.6) is 11.5 Å². The minimum absolute atomic E-state index is 0.0580. The first kappa shape index (κ1) is 51.9. The lowest BCUT2D eigenvalue weighted by Gasteiger charge is -2.52. The van der Waals surface area contributed by atoms with Crippen LogP contribution in [0.4, 0.5) is 0 Å². The molecule has 13 atom stereocenters. The summed E-state index contributed by atoms with van der Waals surface area (Å²) in [5, 5.41) is 0.190. The van der Waals surface area contributed by atoms with E-state index in [4.69, 9.17) is 23.1 Å². The summed E-state index contributed by atoms with van der Waals surface area (Å²) in [7, 11) is 0.755. The smallest absolute Gasteiger partial charge is 0.316 e. The van der Waals surface area contributed by atoms with Crippen LogP contribution in [0.1, 0.15) is 173 Å². The van der Waals surface area contributed by atoms with Crippen molar-refractivity contribution in [1.29, 1.82) is 0 Å². The Bertz CT molecular complexity index is 2150. The Morgan fingerprint density at radius 1 is 0.662 bits per heavy atom. The summed E-state index contributed by atoms with van der Waals surface area (Å²) in [4.78, 5) is 28.3. The Morgan fingerprint density at radius 3 is 1.51 bits per heavy atom. The van der Waals surface area contributed by atoms with Gasteiger partial charge in [0.05, 0.1) is 33.5 Å². The number of benzene rings is 2. The molecule has 378 valence electrons. The van der Waals surface area contributed by atoms with E-state index in [1.807, 2.05) is 0 Å². The standard InChI is InChI=1S/C59H92O7Si2/c1-56(2,3)67(12,13)65-53-39(35-50-47-24-19-37-33-41(62-9)22-27-43(37)45(47)29-31-58(50,53)7)17-16-18-52(60)49(55(61)64-11)26-21-40-36-51-48-25-20-38-34-42(63-10)23-28-44(38)46(48)30-32-59(51,8)54(40)66-68(14,15)57(4,5)6/h22-23,27-28,33-34,39-40,45-51,53-54H,16-21,24-26,29-32,35-36H2,1-15H3/t39-,40-,45-,46-,47-,48-,49?,50+,51+,53+,54+,58+,59+/m1/s1. The lowest BCUT2D eigenvalue weighted by Crippen LogP contribution is -2.51. The second-order valence-electron chi connectivity index (χ2n) is 26.7. The largest absolute Gasteiger partial charge is 0.497 e. The van der Waals surface area contributed by atoms with E-state index in [0.29, 0.717) is 60.2 Å². The molecule has 0 heterocycles. The zero-order chi connectivity index (χ0) is 49.4. The highest BCUT2D eigenvalue weighted by molar-refractivity contribution is 6.74. The van der Waals surface area contributed by atoms with Crippen LogP contribution in [-0.4, -0.2) is 61.9 Å². The quantitative estimate of drug-likeness (QED) is 0.0999. The normalized spacial score (nSPS) is 33.8. The Hall–Kier alpha value is -2.47. The number of esters is 1. The SMILES string of the molecule is COC(=O)C(CC[C@@H]1C[C@H]2[C@@H]3CCc4cc(OC)ccc4[C@H]3CC[C@]2(C)[C@H]1O[Si](C)(C)C(C)(C)C)C(=O)CCC[C@@H]1C[C@H]2[C@@H]3CCc4cc(OC)ccc4[C@H]3CC[C@]2(C)[C@H]1O[Si](C)(C)C(C)(C)C. The van der Waals surface area contributed by atoms with Crippen molar-refractivity contribution in [3.8, 4) is 11.5 Å². The van der Waals surface area contributed by atoms with Crippen molar-refractivity contribution in [2.24, 2.45) is 52.3 Å². The number of ketones is 1. The number of fused-ring (bicyclic) bond motifs is 10. The molecule has 6 aliphatic rings. The summed E-state index contributed by atoms with van der Waals surface area (Å²) in [5.41, 5.74) is 6.17. The molecule has 6 aliphatic carbocycles. The molecule has 0 amide bonds. The third kappa shape index (κ3) is 9.40. The Labute approximate surface area is 415 Å². The van der Waals surface area contributed by atoms with Gasteiger partial charge in [-0.05, 0) is 231 Å². The van der Waals surface area contributed by atoms with E-state index < -0.39 is 22.6 Å². The molecular formula is C59H92O7Si2. The van der Waals surface area contributed by atoms with Crippen LogP contribution in [0.3, 0.4) is 0 Å². The van der Waals surface area contributed by atoms with Gasteiger partial charge in [0.2, 0.25) is 0 Å². The van der Waals surface area contributed by atoms with E-state index in [9.17, 15) is 9.59 Å². The van der Waals surface area contributed by atoms with Crippen molar-refractivity contribution in [2.75, 3.05) is 21.3 Å². The Kier molecular flexibility index (Phi) is 14.6. The number of hydrogen-bond donors (Lipinski definition) is 0. The zero-order valence-electron chi connectivity index (χ0n) is 45.3. The predicted octanol–water partition coefficient (Wildman–Crippen LogP) is 14.7. The maximum atomic E-state index is 14.6. The molecule has 0 bridgehead atoms. The van der Waals surface area contributed by atoms with Gasteiger partial charge in [0.1, 0.15) is 23.2 Å². The van der Waals surface area contributed by atoms with Crippen LogP contribution < -0.4 is 9.47 Å². The minimum atomic E-state index is -2.15. The second-order valence-corrected chi connectivity index (χ2v) is 36.2. The van der Waals surface area contributed by atoms with Gasteiger partial charge in [0.25, 0.3) is 0 Å². The zero-order valence-corrected chi connectivity index (χ0v) is 47.3. The molecule has 0 aliphatic heterocycles. The summed E-state index contributed by atoms with van der Waals surface area (Å²) in [6, 6.07) is 13.6. The van der Waals surface area contributed by atoms with Crippen molar-refractivity contribution in [2.45, 2.75) is 212 Å². The second kappa shape index (κ2) is 19.2. The molecule has 0 radical (unpaired) electrons. The van der Waals surface area contributed by atoms with Crippen LogP contribution >= 0.6 is 0 Å². The lowest BCUT2D eigenvalue weighted by molar-refractivity contribution is -0.150. The maximum absolute atomic E-state index is 14.6. The summed E-state index contributed by atoms with van der Waals surface area (Å²) >= 11 is 0.